The first-order valence-electron chi connectivity index (χ1n) is 14.7. The average Bonchev–Trinajstić information content (AvgIpc) is 3.04. The molecule has 12 nitrogen and oxygen atoms in total. The lowest BCUT2D eigenvalue weighted by atomic mass is 9.93. The van der Waals surface area contributed by atoms with Crippen LogP contribution >= 0.6 is 0 Å². The second-order valence-corrected chi connectivity index (χ2v) is 17.8. The van der Waals surface area contributed by atoms with Crippen LogP contribution in [0.5, 0.6) is 0 Å². The van der Waals surface area contributed by atoms with Gasteiger partial charge < -0.3 is 0 Å². The minimum absolute atomic E-state index is 0.223. The van der Waals surface area contributed by atoms with Gasteiger partial charge in [0.25, 0.3) is 40.5 Å². The molecule has 0 radical (unpaired) electrons. The Morgan fingerprint density at radius 3 is 0.735 bits per heavy atom. The van der Waals surface area contributed by atoms with Gasteiger partial charge in [0.05, 0.1) is 51.4 Å². The zero-order valence-electron chi connectivity index (χ0n) is 27.1. The molecule has 4 aromatic rings. The van der Waals surface area contributed by atoms with E-state index in [1.165, 1.54) is 100 Å². The van der Waals surface area contributed by atoms with Crippen molar-refractivity contribution in [3.8, 4) is 0 Å². The van der Waals surface area contributed by atoms with Gasteiger partial charge >= 0.3 is 0 Å². The van der Waals surface area contributed by atoms with Gasteiger partial charge in [-0.2, -0.15) is 33.7 Å². The molecule has 0 aliphatic heterocycles. The fourth-order valence-corrected chi connectivity index (χ4v) is 9.62. The Labute approximate surface area is 288 Å². The van der Waals surface area contributed by atoms with Gasteiger partial charge in [-0.3, -0.25) is 16.7 Å². The van der Waals surface area contributed by atoms with E-state index in [1.54, 1.807) is 24.3 Å². The second-order valence-electron chi connectivity index (χ2n) is 11.4. The van der Waals surface area contributed by atoms with Gasteiger partial charge in [0.2, 0.25) is 0 Å². The van der Waals surface area contributed by atoms with Crippen LogP contribution in [0.1, 0.15) is 22.3 Å². The van der Waals surface area contributed by atoms with E-state index in [4.69, 9.17) is 16.7 Å². The summed E-state index contributed by atoms with van der Waals surface area (Å²) in [4.78, 5) is -0.892. The molecule has 16 heteroatoms. The van der Waals surface area contributed by atoms with E-state index in [0.717, 1.165) is 0 Å². The van der Waals surface area contributed by atoms with Gasteiger partial charge in [-0.05, 0) is 74.2 Å². The lowest BCUT2D eigenvalue weighted by Gasteiger charge is -2.31. The van der Waals surface area contributed by atoms with Crippen LogP contribution in [0.25, 0.3) is 0 Å². The predicted octanol–water partition coefficient (Wildman–Crippen LogP) is 4.83. The van der Waals surface area contributed by atoms with Crippen molar-refractivity contribution in [1.82, 2.24) is 0 Å². The number of hydrogen-bond acceptors (Lipinski definition) is 12. The summed E-state index contributed by atoms with van der Waals surface area (Å²) in [5.74, 6) is 0. The molecule has 4 aromatic carbocycles. The van der Waals surface area contributed by atoms with E-state index in [2.05, 4.69) is 0 Å². The normalized spacial score (nSPS) is 13.0. The number of rotatable bonds is 16. The smallest absolute Gasteiger partial charge is 0.265 e. The quantitative estimate of drug-likeness (QED) is 0.143. The third-order valence-corrected chi connectivity index (χ3v) is 13.2. The molecule has 0 aliphatic rings. The molecule has 0 unspecified atom stereocenters. The molecule has 264 valence electrons. The van der Waals surface area contributed by atoms with Crippen LogP contribution in [0, 0.1) is 33.1 Å². The fourth-order valence-electron chi connectivity index (χ4n) is 4.66. The first kappa shape index (κ1) is 38.3. The van der Waals surface area contributed by atoms with Crippen LogP contribution in [-0.2, 0) is 57.2 Å². The summed E-state index contributed by atoms with van der Waals surface area (Å²) in [6.07, 6.45) is 0. The minimum Gasteiger partial charge on any atom is -0.265 e. The van der Waals surface area contributed by atoms with Crippen molar-refractivity contribution in [3.63, 3.8) is 0 Å². The fraction of sp³-hybridized carbons (Fsp3) is 0.273. The van der Waals surface area contributed by atoms with Crippen molar-refractivity contribution < 1.29 is 50.4 Å². The van der Waals surface area contributed by atoms with Gasteiger partial charge in [0.1, 0.15) is 0 Å². The highest BCUT2D eigenvalue weighted by molar-refractivity contribution is 7.87. The molecule has 0 N–H and O–H groups in total. The highest BCUT2D eigenvalue weighted by atomic mass is 32.2. The summed E-state index contributed by atoms with van der Waals surface area (Å²) in [6, 6.07) is 23.5. The monoisotopic (exact) mass is 752 g/mol. The highest BCUT2D eigenvalue weighted by Crippen LogP contribution is 2.31. The van der Waals surface area contributed by atoms with E-state index < -0.39 is 72.3 Å². The van der Waals surface area contributed by atoms with Crippen LogP contribution in [-0.4, -0.2) is 60.1 Å². The lowest BCUT2D eigenvalue weighted by Crippen LogP contribution is -2.44. The molecule has 0 atom stereocenters. The molecule has 0 saturated heterocycles. The van der Waals surface area contributed by atoms with Crippen LogP contribution in [0.15, 0.2) is 117 Å². The molecule has 0 bridgehead atoms. The Balaban J connectivity index is 1.80. The molecule has 0 aliphatic carbocycles. The van der Waals surface area contributed by atoms with Crippen molar-refractivity contribution in [2.24, 2.45) is 5.41 Å². The summed E-state index contributed by atoms with van der Waals surface area (Å²) < 4.78 is 129. The SMILES string of the molecule is Cc1ccccc1S(=O)(=O)OCC(COS(=O)(=O)c1ccccc1C)(COS(=O)(=O)c1ccccc1C)COS(=O)(=O)c1ccccc1C. The summed E-state index contributed by atoms with van der Waals surface area (Å²) in [5.41, 5.74) is -0.894. The zero-order valence-corrected chi connectivity index (χ0v) is 30.4. The molecular formula is C33H36O12S4. The summed E-state index contributed by atoms with van der Waals surface area (Å²) in [7, 11) is -18.3. The van der Waals surface area contributed by atoms with Crippen molar-refractivity contribution in [2.75, 3.05) is 26.4 Å². The van der Waals surface area contributed by atoms with E-state index >= 15 is 0 Å². The van der Waals surface area contributed by atoms with E-state index in [1.807, 2.05) is 0 Å². The third kappa shape index (κ3) is 9.40. The molecule has 0 amide bonds. The first-order valence-corrected chi connectivity index (χ1v) is 20.3. The van der Waals surface area contributed by atoms with Gasteiger partial charge in [0.15, 0.2) is 0 Å². The van der Waals surface area contributed by atoms with E-state index in [-0.39, 0.29) is 19.6 Å². The molecular weight excluding hydrogens is 717 g/mol. The summed E-state index contributed by atoms with van der Waals surface area (Å²) >= 11 is 0. The number of aryl methyl sites for hydroxylation is 4. The van der Waals surface area contributed by atoms with Gasteiger partial charge in [-0.1, -0.05) is 72.8 Å². The Morgan fingerprint density at radius 2 is 0.551 bits per heavy atom. The maximum absolute atomic E-state index is 13.4. The maximum Gasteiger partial charge on any atom is 0.297 e. The molecule has 0 heterocycles. The molecule has 49 heavy (non-hydrogen) atoms. The van der Waals surface area contributed by atoms with Gasteiger partial charge in [0, 0.05) is 0 Å². The van der Waals surface area contributed by atoms with Crippen molar-refractivity contribution in [1.29, 1.82) is 0 Å². The Morgan fingerprint density at radius 1 is 0.367 bits per heavy atom. The van der Waals surface area contributed by atoms with Crippen molar-refractivity contribution in [2.45, 2.75) is 47.3 Å². The molecule has 0 aromatic heterocycles. The Hall–Kier alpha value is -3.48. The topological polar surface area (TPSA) is 173 Å². The Kier molecular flexibility index (Phi) is 11.9. The van der Waals surface area contributed by atoms with E-state index in [9.17, 15) is 33.7 Å². The molecule has 4 rings (SSSR count). The van der Waals surface area contributed by atoms with Crippen LogP contribution in [0.3, 0.4) is 0 Å². The van der Waals surface area contributed by atoms with Crippen LogP contribution in [0.4, 0.5) is 0 Å². The van der Waals surface area contributed by atoms with Crippen molar-refractivity contribution in [3.05, 3.63) is 119 Å². The summed E-state index contributed by atoms with van der Waals surface area (Å²) in [6.45, 7) is 2.04. The minimum atomic E-state index is -4.58. The van der Waals surface area contributed by atoms with Crippen LogP contribution in [0.2, 0.25) is 0 Å². The van der Waals surface area contributed by atoms with E-state index in [0.29, 0.717) is 22.3 Å². The molecule has 0 saturated carbocycles. The number of hydrogen-bond donors (Lipinski definition) is 0. The zero-order chi connectivity index (χ0) is 36.1. The lowest BCUT2D eigenvalue weighted by molar-refractivity contribution is 0.00403. The average molecular weight is 753 g/mol. The second kappa shape index (κ2) is 15.2. The maximum atomic E-state index is 13.4. The first-order chi connectivity index (χ1) is 22.9. The standard InChI is InChI=1S/C33H36O12S4/c1-25-13-5-9-17-29(25)46(34,35)42-21-33(22-43-47(36,37)30-18-10-6-14-26(30)2,23-44-48(38,39)31-19-11-7-15-27(31)3)24-45-49(40,41)32-20-12-8-16-28(32)4/h5-20H,21-24H2,1-4H3. The molecule has 0 fully saturated rings. The largest absolute Gasteiger partial charge is 0.297 e. The van der Waals surface area contributed by atoms with Crippen LogP contribution < -0.4 is 0 Å². The van der Waals surface area contributed by atoms with Gasteiger partial charge in [-0.25, -0.2) is 0 Å². The molecule has 0 spiro atoms. The van der Waals surface area contributed by atoms with Crippen molar-refractivity contribution >= 4 is 40.5 Å². The Bertz CT molecular complexity index is 1920. The highest BCUT2D eigenvalue weighted by Gasteiger charge is 2.41. The predicted molar refractivity (Wildman–Crippen MR) is 180 cm³/mol. The summed E-state index contributed by atoms with van der Waals surface area (Å²) in [5, 5.41) is 0. The number of benzene rings is 4. The third-order valence-electron chi connectivity index (χ3n) is 7.53. The van der Waals surface area contributed by atoms with Gasteiger partial charge in [-0.15, -0.1) is 0 Å².